The summed E-state index contributed by atoms with van der Waals surface area (Å²) in [5.74, 6) is 1.43. The molecule has 17 heavy (non-hydrogen) atoms. The van der Waals surface area contributed by atoms with Gasteiger partial charge in [-0.1, -0.05) is 0 Å². The standard InChI is InChI=1S/C13H25NO3/c1-5-15-6-2-12(1)10-17-8-4-14-9-13-3-7-16-11-13/h12-14H,1-11H2. The third kappa shape index (κ3) is 5.34. The van der Waals surface area contributed by atoms with Crippen LogP contribution in [0.2, 0.25) is 0 Å². The Kier molecular flexibility index (Phi) is 6.27. The van der Waals surface area contributed by atoms with Gasteiger partial charge in [-0.15, -0.1) is 0 Å². The molecule has 4 heteroatoms. The van der Waals surface area contributed by atoms with E-state index in [1.165, 1.54) is 6.42 Å². The van der Waals surface area contributed by atoms with Crippen molar-refractivity contribution in [1.29, 1.82) is 0 Å². The Balaban J connectivity index is 1.38. The van der Waals surface area contributed by atoms with Gasteiger partial charge in [0.15, 0.2) is 0 Å². The first kappa shape index (κ1) is 13.3. The fourth-order valence-corrected chi connectivity index (χ4v) is 2.36. The predicted octanol–water partition coefficient (Wildman–Crippen LogP) is 1.06. The zero-order valence-electron chi connectivity index (χ0n) is 10.7. The highest BCUT2D eigenvalue weighted by molar-refractivity contribution is 4.66. The van der Waals surface area contributed by atoms with Crippen LogP contribution in [-0.2, 0) is 14.2 Å². The molecule has 1 atom stereocenters. The lowest BCUT2D eigenvalue weighted by Crippen LogP contribution is -2.28. The Morgan fingerprint density at radius 1 is 1.00 bits per heavy atom. The molecule has 2 aliphatic heterocycles. The summed E-state index contributed by atoms with van der Waals surface area (Å²) in [6.07, 6.45) is 3.52. The molecule has 2 saturated heterocycles. The summed E-state index contributed by atoms with van der Waals surface area (Å²) in [6, 6.07) is 0. The maximum absolute atomic E-state index is 5.69. The molecule has 1 unspecified atom stereocenters. The van der Waals surface area contributed by atoms with Gasteiger partial charge in [-0.2, -0.15) is 0 Å². The first-order valence-corrected chi connectivity index (χ1v) is 6.89. The van der Waals surface area contributed by atoms with Crippen LogP contribution in [0.15, 0.2) is 0 Å². The van der Waals surface area contributed by atoms with Crippen LogP contribution in [0.1, 0.15) is 19.3 Å². The quantitative estimate of drug-likeness (QED) is 0.679. The van der Waals surface area contributed by atoms with Crippen molar-refractivity contribution in [2.45, 2.75) is 19.3 Å². The van der Waals surface area contributed by atoms with Crippen LogP contribution in [0.5, 0.6) is 0 Å². The van der Waals surface area contributed by atoms with Crippen molar-refractivity contribution in [1.82, 2.24) is 5.32 Å². The second-order valence-corrected chi connectivity index (χ2v) is 5.06. The van der Waals surface area contributed by atoms with Gasteiger partial charge in [-0.05, 0) is 31.1 Å². The summed E-state index contributed by atoms with van der Waals surface area (Å²) in [4.78, 5) is 0. The van der Waals surface area contributed by atoms with Crippen LogP contribution < -0.4 is 5.32 Å². The monoisotopic (exact) mass is 243 g/mol. The lowest BCUT2D eigenvalue weighted by molar-refractivity contribution is 0.0213. The first-order chi connectivity index (χ1) is 8.45. The first-order valence-electron chi connectivity index (χ1n) is 6.89. The van der Waals surface area contributed by atoms with E-state index >= 15 is 0 Å². The molecular formula is C13H25NO3. The van der Waals surface area contributed by atoms with Crippen LogP contribution in [0, 0.1) is 11.8 Å². The molecule has 0 aliphatic carbocycles. The van der Waals surface area contributed by atoms with Crippen LogP contribution in [0.3, 0.4) is 0 Å². The predicted molar refractivity (Wildman–Crippen MR) is 66.2 cm³/mol. The van der Waals surface area contributed by atoms with Gasteiger partial charge in [0.2, 0.25) is 0 Å². The van der Waals surface area contributed by atoms with E-state index in [0.29, 0.717) is 11.8 Å². The minimum absolute atomic E-state index is 0.713. The van der Waals surface area contributed by atoms with Crippen molar-refractivity contribution in [3.8, 4) is 0 Å². The molecule has 0 aromatic carbocycles. The van der Waals surface area contributed by atoms with Crippen LogP contribution >= 0.6 is 0 Å². The number of ether oxygens (including phenoxy) is 3. The van der Waals surface area contributed by atoms with Gasteiger partial charge in [-0.25, -0.2) is 0 Å². The molecule has 0 bridgehead atoms. The maximum Gasteiger partial charge on any atom is 0.0591 e. The van der Waals surface area contributed by atoms with E-state index < -0.39 is 0 Å². The fraction of sp³-hybridized carbons (Fsp3) is 1.00. The van der Waals surface area contributed by atoms with Gasteiger partial charge in [0.25, 0.3) is 0 Å². The molecule has 2 aliphatic rings. The third-order valence-electron chi connectivity index (χ3n) is 3.57. The average Bonchev–Trinajstić information content (AvgIpc) is 2.88. The van der Waals surface area contributed by atoms with Crippen molar-refractivity contribution in [3.05, 3.63) is 0 Å². The smallest absolute Gasteiger partial charge is 0.0591 e. The van der Waals surface area contributed by atoms with Gasteiger partial charge >= 0.3 is 0 Å². The molecule has 2 rings (SSSR count). The zero-order valence-corrected chi connectivity index (χ0v) is 10.7. The largest absolute Gasteiger partial charge is 0.381 e. The van der Waals surface area contributed by atoms with Gasteiger partial charge in [0.05, 0.1) is 13.2 Å². The number of hydrogen-bond donors (Lipinski definition) is 1. The SMILES string of the molecule is C(COCC1CCOCC1)NCC1CCOC1. The Bertz CT molecular complexity index is 189. The molecule has 0 amide bonds. The molecule has 2 heterocycles. The van der Waals surface area contributed by atoms with Crippen molar-refractivity contribution in [2.24, 2.45) is 11.8 Å². The maximum atomic E-state index is 5.69. The highest BCUT2D eigenvalue weighted by atomic mass is 16.5. The molecule has 4 nitrogen and oxygen atoms in total. The number of rotatable bonds is 7. The van der Waals surface area contributed by atoms with E-state index in [-0.39, 0.29) is 0 Å². The summed E-state index contributed by atoms with van der Waals surface area (Å²) < 4.78 is 16.3. The van der Waals surface area contributed by atoms with E-state index in [4.69, 9.17) is 14.2 Å². The molecular weight excluding hydrogens is 218 g/mol. The second kappa shape index (κ2) is 8.03. The molecule has 100 valence electrons. The Morgan fingerprint density at radius 2 is 1.76 bits per heavy atom. The minimum atomic E-state index is 0.713. The molecule has 0 aromatic rings. The second-order valence-electron chi connectivity index (χ2n) is 5.06. The van der Waals surface area contributed by atoms with Gasteiger partial charge in [0, 0.05) is 39.5 Å². The van der Waals surface area contributed by atoms with E-state index in [0.717, 1.165) is 65.6 Å². The summed E-state index contributed by atoms with van der Waals surface area (Å²) in [6.45, 7) is 7.44. The Labute approximate surface area is 104 Å². The van der Waals surface area contributed by atoms with E-state index in [2.05, 4.69) is 5.32 Å². The Hall–Kier alpha value is -0.160. The van der Waals surface area contributed by atoms with Gasteiger partial charge in [-0.3, -0.25) is 0 Å². The number of nitrogens with one attached hydrogen (secondary N) is 1. The third-order valence-corrected chi connectivity index (χ3v) is 3.57. The van der Waals surface area contributed by atoms with Crippen LogP contribution in [0.25, 0.3) is 0 Å². The lowest BCUT2D eigenvalue weighted by atomic mass is 10.0. The van der Waals surface area contributed by atoms with Crippen molar-refractivity contribution < 1.29 is 14.2 Å². The van der Waals surface area contributed by atoms with Gasteiger partial charge < -0.3 is 19.5 Å². The van der Waals surface area contributed by atoms with E-state index in [1.54, 1.807) is 0 Å². The Morgan fingerprint density at radius 3 is 2.53 bits per heavy atom. The molecule has 1 N–H and O–H groups in total. The topological polar surface area (TPSA) is 39.7 Å². The van der Waals surface area contributed by atoms with Crippen molar-refractivity contribution in [3.63, 3.8) is 0 Å². The summed E-state index contributed by atoms with van der Waals surface area (Å²) in [5.41, 5.74) is 0. The van der Waals surface area contributed by atoms with Crippen LogP contribution in [-0.4, -0.2) is 52.7 Å². The van der Waals surface area contributed by atoms with Crippen molar-refractivity contribution in [2.75, 3.05) is 52.7 Å². The fourth-order valence-electron chi connectivity index (χ4n) is 2.36. The number of hydrogen-bond acceptors (Lipinski definition) is 4. The average molecular weight is 243 g/mol. The highest BCUT2D eigenvalue weighted by Gasteiger charge is 2.15. The zero-order chi connectivity index (χ0) is 11.8. The summed E-state index contributed by atoms with van der Waals surface area (Å²) >= 11 is 0. The summed E-state index contributed by atoms with van der Waals surface area (Å²) in [7, 11) is 0. The lowest BCUT2D eigenvalue weighted by Gasteiger charge is -2.21. The van der Waals surface area contributed by atoms with Crippen molar-refractivity contribution >= 4 is 0 Å². The minimum Gasteiger partial charge on any atom is -0.381 e. The molecule has 0 aromatic heterocycles. The summed E-state index contributed by atoms with van der Waals surface area (Å²) in [5, 5.41) is 3.44. The van der Waals surface area contributed by atoms with E-state index in [9.17, 15) is 0 Å². The normalized spacial score (nSPS) is 26.5. The molecule has 0 spiro atoms. The molecule has 0 saturated carbocycles. The highest BCUT2D eigenvalue weighted by Crippen LogP contribution is 2.14. The van der Waals surface area contributed by atoms with Crippen LogP contribution in [0.4, 0.5) is 0 Å². The molecule has 2 fully saturated rings. The molecule has 0 radical (unpaired) electrons. The van der Waals surface area contributed by atoms with E-state index in [1.807, 2.05) is 0 Å². The van der Waals surface area contributed by atoms with Gasteiger partial charge in [0.1, 0.15) is 0 Å².